The Balaban J connectivity index is 1.82. The van der Waals surface area contributed by atoms with Crippen LogP contribution < -0.4 is 5.32 Å². The minimum atomic E-state index is 0.760. The molecule has 0 spiro atoms. The molecular weight excluding hydrogens is 196 g/mol. The summed E-state index contributed by atoms with van der Waals surface area (Å²) >= 11 is 0. The van der Waals surface area contributed by atoms with E-state index in [9.17, 15) is 0 Å². The molecule has 0 amide bonds. The van der Waals surface area contributed by atoms with E-state index in [1.165, 1.54) is 58.2 Å². The Morgan fingerprint density at radius 3 is 2.88 bits per heavy atom. The van der Waals surface area contributed by atoms with Gasteiger partial charge < -0.3 is 5.32 Å². The zero-order valence-electron chi connectivity index (χ0n) is 11.0. The van der Waals surface area contributed by atoms with E-state index in [2.05, 4.69) is 24.1 Å². The average molecular weight is 224 g/mol. The molecule has 1 N–H and O–H groups in total. The van der Waals surface area contributed by atoms with Crippen molar-refractivity contribution in [2.75, 3.05) is 19.6 Å². The average Bonchev–Trinajstić information content (AvgIpc) is 2.30. The van der Waals surface area contributed by atoms with E-state index < -0.39 is 0 Å². The molecule has 0 bridgehead atoms. The van der Waals surface area contributed by atoms with Crippen molar-refractivity contribution in [3.8, 4) is 0 Å². The molecule has 2 nitrogen and oxygen atoms in total. The topological polar surface area (TPSA) is 15.3 Å². The zero-order chi connectivity index (χ0) is 11.4. The molecule has 0 aromatic carbocycles. The standard InChI is InChI=1S/C14H28N2/c1-3-14-6-4-5-9-16(14)11-13-10-12(2)7-8-15-13/h12-15H,3-11H2,1-2H3. The number of likely N-dealkylation sites (tertiary alicyclic amines) is 1. The molecule has 94 valence electrons. The molecule has 0 aromatic rings. The van der Waals surface area contributed by atoms with Crippen LogP contribution in [-0.2, 0) is 0 Å². The predicted octanol–water partition coefficient (Wildman–Crippen LogP) is 2.64. The molecule has 3 unspecified atom stereocenters. The van der Waals surface area contributed by atoms with Crippen molar-refractivity contribution in [3.05, 3.63) is 0 Å². The minimum Gasteiger partial charge on any atom is -0.313 e. The van der Waals surface area contributed by atoms with Crippen molar-refractivity contribution in [1.29, 1.82) is 0 Å². The fraction of sp³-hybridized carbons (Fsp3) is 1.00. The fourth-order valence-corrected chi connectivity index (χ4v) is 3.41. The highest BCUT2D eigenvalue weighted by molar-refractivity contribution is 4.83. The highest BCUT2D eigenvalue weighted by atomic mass is 15.2. The summed E-state index contributed by atoms with van der Waals surface area (Å²) in [4.78, 5) is 2.75. The van der Waals surface area contributed by atoms with Crippen molar-refractivity contribution >= 4 is 0 Å². The summed E-state index contributed by atoms with van der Waals surface area (Å²) in [6.45, 7) is 8.62. The first-order valence-electron chi connectivity index (χ1n) is 7.27. The van der Waals surface area contributed by atoms with Crippen molar-refractivity contribution in [1.82, 2.24) is 10.2 Å². The Bertz CT molecular complexity index is 205. The highest BCUT2D eigenvalue weighted by Gasteiger charge is 2.25. The molecule has 2 heterocycles. The van der Waals surface area contributed by atoms with Crippen LogP contribution in [0.3, 0.4) is 0 Å². The van der Waals surface area contributed by atoms with Crippen LogP contribution in [0.5, 0.6) is 0 Å². The Morgan fingerprint density at radius 1 is 1.25 bits per heavy atom. The van der Waals surface area contributed by atoms with Crippen LogP contribution in [0.1, 0.15) is 52.4 Å². The van der Waals surface area contributed by atoms with Crippen LogP contribution in [0.4, 0.5) is 0 Å². The molecule has 0 aliphatic carbocycles. The number of rotatable bonds is 3. The minimum absolute atomic E-state index is 0.760. The molecule has 2 heteroatoms. The number of hydrogen-bond donors (Lipinski definition) is 1. The molecule has 2 aliphatic heterocycles. The van der Waals surface area contributed by atoms with Crippen molar-refractivity contribution in [2.24, 2.45) is 5.92 Å². The third-order valence-corrected chi connectivity index (χ3v) is 4.43. The molecule has 16 heavy (non-hydrogen) atoms. The number of hydrogen-bond acceptors (Lipinski definition) is 2. The second kappa shape index (κ2) is 6.02. The molecule has 0 radical (unpaired) electrons. The summed E-state index contributed by atoms with van der Waals surface area (Å²) in [7, 11) is 0. The van der Waals surface area contributed by atoms with Crippen molar-refractivity contribution in [3.63, 3.8) is 0 Å². The van der Waals surface area contributed by atoms with Gasteiger partial charge in [-0.15, -0.1) is 0 Å². The van der Waals surface area contributed by atoms with Crippen LogP contribution in [0.25, 0.3) is 0 Å². The van der Waals surface area contributed by atoms with Crippen LogP contribution >= 0.6 is 0 Å². The molecule has 2 aliphatic rings. The second-order valence-electron chi connectivity index (χ2n) is 5.83. The molecule has 2 fully saturated rings. The third kappa shape index (κ3) is 3.21. The van der Waals surface area contributed by atoms with Gasteiger partial charge in [0.05, 0.1) is 0 Å². The second-order valence-corrected chi connectivity index (χ2v) is 5.83. The van der Waals surface area contributed by atoms with Gasteiger partial charge in [0.25, 0.3) is 0 Å². The van der Waals surface area contributed by atoms with Gasteiger partial charge in [0.1, 0.15) is 0 Å². The van der Waals surface area contributed by atoms with Gasteiger partial charge in [-0.3, -0.25) is 4.90 Å². The lowest BCUT2D eigenvalue weighted by Gasteiger charge is -2.39. The van der Waals surface area contributed by atoms with E-state index in [1.807, 2.05) is 0 Å². The molecule has 0 saturated carbocycles. The molecule has 0 aromatic heterocycles. The first kappa shape index (κ1) is 12.4. The lowest BCUT2D eigenvalue weighted by molar-refractivity contribution is 0.117. The van der Waals surface area contributed by atoms with Gasteiger partial charge in [-0.25, -0.2) is 0 Å². The van der Waals surface area contributed by atoms with Crippen LogP contribution in [0.15, 0.2) is 0 Å². The normalized spacial score (nSPS) is 37.5. The summed E-state index contributed by atoms with van der Waals surface area (Å²) < 4.78 is 0. The summed E-state index contributed by atoms with van der Waals surface area (Å²) in [5.74, 6) is 0.927. The molecule has 2 saturated heterocycles. The van der Waals surface area contributed by atoms with Crippen LogP contribution in [0.2, 0.25) is 0 Å². The molecule has 3 atom stereocenters. The van der Waals surface area contributed by atoms with E-state index in [-0.39, 0.29) is 0 Å². The Kier molecular flexibility index (Phi) is 4.66. The number of nitrogens with zero attached hydrogens (tertiary/aromatic N) is 1. The van der Waals surface area contributed by atoms with Gasteiger partial charge in [0, 0.05) is 18.6 Å². The number of nitrogens with one attached hydrogen (secondary N) is 1. The zero-order valence-corrected chi connectivity index (χ0v) is 11.0. The lowest BCUT2D eigenvalue weighted by Crippen LogP contribution is -2.49. The predicted molar refractivity (Wildman–Crippen MR) is 69.7 cm³/mol. The van der Waals surface area contributed by atoms with Crippen LogP contribution in [-0.4, -0.2) is 36.6 Å². The van der Waals surface area contributed by atoms with Crippen molar-refractivity contribution in [2.45, 2.75) is 64.5 Å². The van der Waals surface area contributed by atoms with Gasteiger partial charge in [-0.1, -0.05) is 20.3 Å². The van der Waals surface area contributed by atoms with Gasteiger partial charge in [0.15, 0.2) is 0 Å². The van der Waals surface area contributed by atoms with E-state index in [0.717, 1.165) is 18.0 Å². The first-order chi connectivity index (χ1) is 7.79. The molecular formula is C14H28N2. The van der Waals surface area contributed by atoms with Gasteiger partial charge in [-0.05, 0) is 51.1 Å². The van der Waals surface area contributed by atoms with Gasteiger partial charge in [0.2, 0.25) is 0 Å². The van der Waals surface area contributed by atoms with E-state index in [4.69, 9.17) is 0 Å². The summed E-state index contributed by atoms with van der Waals surface area (Å²) in [5.41, 5.74) is 0. The largest absolute Gasteiger partial charge is 0.313 e. The quantitative estimate of drug-likeness (QED) is 0.793. The Morgan fingerprint density at radius 2 is 2.12 bits per heavy atom. The maximum atomic E-state index is 3.70. The SMILES string of the molecule is CCC1CCCCN1CC1CC(C)CCN1. The maximum absolute atomic E-state index is 3.70. The Labute approximate surface area is 101 Å². The summed E-state index contributed by atoms with van der Waals surface area (Å²) in [5, 5.41) is 3.70. The lowest BCUT2D eigenvalue weighted by atomic mass is 9.92. The van der Waals surface area contributed by atoms with Gasteiger partial charge >= 0.3 is 0 Å². The monoisotopic (exact) mass is 224 g/mol. The third-order valence-electron chi connectivity index (χ3n) is 4.43. The van der Waals surface area contributed by atoms with Crippen molar-refractivity contribution < 1.29 is 0 Å². The Hall–Kier alpha value is -0.0800. The van der Waals surface area contributed by atoms with Crippen LogP contribution in [0, 0.1) is 5.92 Å². The number of piperidine rings is 2. The maximum Gasteiger partial charge on any atom is 0.0197 e. The van der Waals surface area contributed by atoms with E-state index >= 15 is 0 Å². The smallest absolute Gasteiger partial charge is 0.0197 e. The van der Waals surface area contributed by atoms with Gasteiger partial charge in [-0.2, -0.15) is 0 Å². The fourth-order valence-electron chi connectivity index (χ4n) is 3.41. The highest BCUT2D eigenvalue weighted by Crippen LogP contribution is 2.22. The first-order valence-corrected chi connectivity index (χ1v) is 7.27. The van der Waals surface area contributed by atoms with E-state index in [0.29, 0.717) is 0 Å². The van der Waals surface area contributed by atoms with E-state index in [1.54, 1.807) is 0 Å². The molecule has 2 rings (SSSR count). The summed E-state index contributed by atoms with van der Waals surface area (Å²) in [6, 6.07) is 1.63. The summed E-state index contributed by atoms with van der Waals surface area (Å²) in [6.07, 6.45) is 8.38.